The van der Waals surface area contributed by atoms with E-state index in [1.807, 2.05) is 0 Å². The minimum Gasteiger partial charge on any atom is -0.277 e. The molecule has 1 saturated carbocycles. The van der Waals surface area contributed by atoms with Crippen LogP contribution in [-0.4, -0.2) is 19.4 Å². The average molecular weight is 274 g/mol. The molecule has 2 rings (SSSR count). The topological polar surface area (TPSA) is 106 Å². The average Bonchev–Trinajstić information content (AvgIpc) is 3.25. The molecule has 0 aromatic heterocycles. The molecule has 0 heterocycles. The highest BCUT2D eigenvalue weighted by Crippen LogP contribution is 2.33. The zero-order valence-corrected chi connectivity index (χ0v) is 10.7. The van der Waals surface area contributed by atoms with E-state index in [2.05, 4.69) is 10.5 Å². The van der Waals surface area contributed by atoms with Crippen molar-refractivity contribution in [3.05, 3.63) is 24.3 Å². The molecule has 0 atom stereocenters. The summed E-state index contributed by atoms with van der Waals surface area (Å²) in [5.74, 6) is 0. The van der Waals surface area contributed by atoms with Gasteiger partial charge >= 0.3 is 0 Å². The molecule has 0 aliphatic heterocycles. The lowest BCUT2D eigenvalue weighted by Crippen LogP contribution is -2.06. The fourth-order valence-corrected chi connectivity index (χ4v) is 3.14. The van der Waals surface area contributed by atoms with E-state index in [0.717, 1.165) is 12.8 Å². The molecule has 0 saturated heterocycles. The minimum atomic E-state index is -3.19. The van der Waals surface area contributed by atoms with E-state index in [9.17, 15) is 8.42 Å². The van der Waals surface area contributed by atoms with E-state index in [0.29, 0.717) is 5.69 Å². The summed E-state index contributed by atoms with van der Waals surface area (Å²) >= 11 is 0. The Morgan fingerprint density at radius 2 is 1.79 bits per heavy atom. The second-order valence-corrected chi connectivity index (χ2v) is 6.29. The summed E-state index contributed by atoms with van der Waals surface area (Å²) < 4.78 is 23.9. The van der Waals surface area contributed by atoms with Crippen molar-refractivity contribution in [2.24, 2.45) is 5.10 Å². The van der Waals surface area contributed by atoms with Gasteiger partial charge in [-0.3, -0.25) is 5.43 Å². The Labute approximate surface area is 110 Å². The van der Waals surface area contributed by atoms with Crippen LogP contribution >= 0.6 is 0 Å². The summed E-state index contributed by atoms with van der Waals surface area (Å²) in [6.07, 6.45) is 1.45. The van der Waals surface area contributed by atoms with Crippen LogP contribution in [0.25, 0.3) is 0 Å². The SMILES string of the molecule is N#CC(C#N)=NNc1ccc(S(=O)(=O)C2CC2)cc1. The predicted octanol–water partition coefficient (Wildman–Crippen LogP) is 1.44. The number of benzene rings is 1. The second kappa shape index (κ2) is 5.09. The van der Waals surface area contributed by atoms with Crippen molar-refractivity contribution in [3.8, 4) is 12.1 Å². The van der Waals surface area contributed by atoms with Crippen LogP contribution in [-0.2, 0) is 9.84 Å². The maximum Gasteiger partial charge on any atom is 0.237 e. The number of nitrogens with one attached hydrogen (secondary N) is 1. The van der Waals surface area contributed by atoms with Crippen LogP contribution in [0, 0.1) is 22.7 Å². The second-order valence-electron chi connectivity index (χ2n) is 4.06. The monoisotopic (exact) mass is 274 g/mol. The van der Waals surface area contributed by atoms with E-state index in [1.54, 1.807) is 24.3 Å². The lowest BCUT2D eigenvalue weighted by Gasteiger charge is -2.04. The Morgan fingerprint density at radius 3 is 2.26 bits per heavy atom. The first-order valence-electron chi connectivity index (χ1n) is 5.56. The molecule has 1 aromatic carbocycles. The van der Waals surface area contributed by atoms with Gasteiger partial charge in [-0.15, -0.1) is 0 Å². The molecule has 1 fully saturated rings. The molecule has 0 bridgehead atoms. The number of sulfone groups is 1. The number of hydrazone groups is 1. The highest BCUT2D eigenvalue weighted by molar-refractivity contribution is 7.92. The quantitative estimate of drug-likeness (QED) is 0.660. The van der Waals surface area contributed by atoms with Crippen molar-refractivity contribution in [2.75, 3.05) is 5.43 Å². The van der Waals surface area contributed by atoms with E-state index in [1.165, 1.54) is 12.1 Å². The zero-order valence-electron chi connectivity index (χ0n) is 9.87. The lowest BCUT2D eigenvalue weighted by molar-refractivity contribution is 0.595. The number of rotatable bonds is 4. The van der Waals surface area contributed by atoms with Gasteiger partial charge in [-0.2, -0.15) is 15.6 Å². The van der Waals surface area contributed by atoms with Crippen LogP contribution in [0.4, 0.5) is 5.69 Å². The largest absolute Gasteiger partial charge is 0.277 e. The third-order valence-corrected chi connectivity index (χ3v) is 4.93. The van der Waals surface area contributed by atoms with Crippen LogP contribution in [0.1, 0.15) is 12.8 Å². The maximum atomic E-state index is 11.9. The third kappa shape index (κ3) is 2.90. The van der Waals surface area contributed by atoms with Gasteiger partial charge in [-0.05, 0) is 37.1 Å². The summed E-state index contributed by atoms with van der Waals surface area (Å²) in [7, 11) is -3.19. The fourth-order valence-electron chi connectivity index (χ4n) is 1.49. The molecule has 19 heavy (non-hydrogen) atoms. The van der Waals surface area contributed by atoms with E-state index in [-0.39, 0.29) is 15.9 Å². The third-order valence-electron chi connectivity index (χ3n) is 2.65. The molecule has 96 valence electrons. The Kier molecular flexibility index (Phi) is 3.50. The number of anilines is 1. The first kappa shape index (κ1) is 13.1. The number of nitriles is 2. The molecule has 7 heteroatoms. The smallest absolute Gasteiger partial charge is 0.237 e. The Morgan fingerprint density at radius 1 is 1.21 bits per heavy atom. The van der Waals surface area contributed by atoms with E-state index >= 15 is 0 Å². The Bertz CT molecular complexity index is 673. The van der Waals surface area contributed by atoms with E-state index in [4.69, 9.17) is 10.5 Å². The van der Waals surface area contributed by atoms with Crippen LogP contribution < -0.4 is 5.43 Å². The molecular formula is C12H10N4O2S. The molecule has 1 N–H and O–H groups in total. The number of hydrogen-bond acceptors (Lipinski definition) is 6. The molecule has 1 aliphatic carbocycles. The van der Waals surface area contributed by atoms with Crippen LogP contribution in [0.5, 0.6) is 0 Å². The van der Waals surface area contributed by atoms with Gasteiger partial charge in [0.15, 0.2) is 9.84 Å². The van der Waals surface area contributed by atoms with Gasteiger partial charge < -0.3 is 0 Å². The van der Waals surface area contributed by atoms with Crippen LogP contribution in [0.15, 0.2) is 34.3 Å². The van der Waals surface area contributed by atoms with Crippen molar-refractivity contribution in [3.63, 3.8) is 0 Å². The standard InChI is InChI=1S/C12H10N4O2S/c13-7-10(8-14)16-15-9-1-3-11(4-2-9)19(17,18)12-5-6-12/h1-4,12,15H,5-6H2. The summed E-state index contributed by atoms with van der Waals surface area (Å²) in [6, 6.07) is 9.30. The van der Waals surface area contributed by atoms with Gasteiger partial charge in [0.2, 0.25) is 5.71 Å². The predicted molar refractivity (Wildman–Crippen MR) is 68.9 cm³/mol. The summed E-state index contributed by atoms with van der Waals surface area (Å²) in [6.45, 7) is 0. The molecule has 0 spiro atoms. The highest BCUT2D eigenvalue weighted by Gasteiger charge is 2.36. The molecule has 6 nitrogen and oxygen atoms in total. The minimum absolute atomic E-state index is 0.242. The molecule has 1 aliphatic rings. The normalized spacial score (nSPS) is 14.0. The maximum absolute atomic E-state index is 11.9. The van der Waals surface area contributed by atoms with Crippen molar-refractivity contribution in [1.82, 2.24) is 0 Å². The van der Waals surface area contributed by atoms with Crippen molar-refractivity contribution >= 4 is 21.2 Å². The number of nitrogens with zero attached hydrogens (tertiary/aromatic N) is 3. The van der Waals surface area contributed by atoms with Gasteiger partial charge in [0.25, 0.3) is 0 Å². The molecule has 1 aromatic rings. The molecule has 0 amide bonds. The van der Waals surface area contributed by atoms with Crippen molar-refractivity contribution < 1.29 is 8.42 Å². The summed E-state index contributed by atoms with van der Waals surface area (Å²) in [4.78, 5) is 0.283. The van der Waals surface area contributed by atoms with Crippen molar-refractivity contribution in [1.29, 1.82) is 10.5 Å². The first-order valence-corrected chi connectivity index (χ1v) is 7.10. The Balaban J connectivity index is 2.14. The van der Waals surface area contributed by atoms with Crippen molar-refractivity contribution in [2.45, 2.75) is 23.0 Å². The van der Waals surface area contributed by atoms with Crippen LogP contribution in [0.2, 0.25) is 0 Å². The molecule has 0 unspecified atom stereocenters. The molecular weight excluding hydrogens is 264 g/mol. The van der Waals surface area contributed by atoms with Crippen LogP contribution in [0.3, 0.4) is 0 Å². The summed E-state index contributed by atoms with van der Waals surface area (Å²) in [5, 5.41) is 20.3. The fraction of sp³-hybridized carbons (Fsp3) is 0.250. The summed E-state index contributed by atoms with van der Waals surface area (Å²) in [5.41, 5.74) is 2.73. The first-order chi connectivity index (χ1) is 9.07. The molecule has 0 radical (unpaired) electrons. The van der Waals surface area contributed by atoms with Gasteiger partial charge in [0, 0.05) is 0 Å². The lowest BCUT2D eigenvalue weighted by atomic mass is 10.3. The van der Waals surface area contributed by atoms with Gasteiger partial charge in [0.05, 0.1) is 15.8 Å². The zero-order chi connectivity index (χ0) is 13.9. The van der Waals surface area contributed by atoms with E-state index < -0.39 is 9.84 Å². The van der Waals surface area contributed by atoms with Gasteiger partial charge in [-0.25, -0.2) is 8.42 Å². The highest BCUT2D eigenvalue weighted by atomic mass is 32.2. The van der Waals surface area contributed by atoms with Gasteiger partial charge in [-0.1, -0.05) is 0 Å². The van der Waals surface area contributed by atoms with Gasteiger partial charge in [0.1, 0.15) is 12.1 Å². The Hall–Kier alpha value is -2.38. The number of hydrogen-bond donors (Lipinski definition) is 1.